The van der Waals surface area contributed by atoms with Crippen molar-refractivity contribution in [3.05, 3.63) is 85.5 Å². The second kappa shape index (κ2) is 9.47. The summed E-state index contributed by atoms with van der Waals surface area (Å²) in [6.45, 7) is 0.215. The number of ether oxygens (including phenoxy) is 2. The number of hydrogen-bond acceptors (Lipinski definition) is 6. The zero-order valence-electron chi connectivity index (χ0n) is 17.7. The predicted octanol–water partition coefficient (Wildman–Crippen LogP) is 5.69. The number of rotatable bonds is 6. The Morgan fingerprint density at radius 3 is 2.36 bits per heavy atom. The number of carbonyl (C=O) groups excluding carboxylic acids is 2. The van der Waals surface area contributed by atoms with E-state index < -0.39 is 17.7 Å². The molecule has 6 nitrogen and oxygen atoms in total. The molecule has 1 aliphatic heterocycles. The van der Waals surface area contributed by atoms with E-state index in [-0.39, 0.29) is 34.2 Å². The van der Waals surface area contributed by atoms with Crippen molar-refractivity contribution >= 4 is 52.0 Å². The van der Waals surface area contributed by atoms with Crippen molar-refractivity contribution in [3.8, 4) is 11.5 Å². The number of thiophene rings is 1. The molecule has 9 heteroatoms. The Labute approximate surface area is 204 Å². The van der Waals surface area contributed by atoms with Crippen LogP contribution in [0.1, 0.15) is 22.0 Å². The van der Waals surface area contributed by atoms with E-state index in [1.54, 1.807) is 24.3 Å². The van der Waals surface area contributed by atoms with Crippen molar-refractivity contribution in [2.75, 3.05) is 14.2 Å². The fraction of sp³-hybridized carbons (Fsp3) is 0.167. The van der Waals surface area contributed by atoms with Crippen molar-refractivity contribution in [1.29, 1.82) is 0 Å². The molecular formula is C24H19Cl2NO5S. The number of benzene rings is 2. The van der Waals surface area contributed by atoms with Crippen molar-refractivity contribution < 1.29 is 24.2 Å². The maximum absolute atomic E-state index is 13.2. The summed E-state index contributed by atoms with van der Waals surface area (Å²) in [6, 6.07) is 12.7. The Bertz CT molecular complexity index is 1240. The third-order valence-corrected chi connectivity index (χ3v) is 6.77. The molecule has 0 spiro atoms. The lowest BCUT2D eigenvalue weighted by atomic mass is 9.95. The highest BCUT2D eigenvalue weighted by molar-refractivity contribution is 7.09. The van der Waals surface area contributed by atoms with E-state index in [0.717, 1.165) is 4.88 Å². The number of aliphatic hydroxyl groups is 1. The molecule has 1 amide bonds. The Hall–Kier alpha value is -3.00. The van der Waals surface area contributed by atoms with E-state index in [4.69, 9.17) is 32.7 Å². The molecule has 1 fully saturated rings. The number of carbonyl (C=O) groups is 2. The standard InChI is InChI=1S/C24H19Cl2NO5S/c1-31-18-11-19(32-2)17(26)10-16(18)22(28)20-21(13-5-7-14(25)8-6-13)27(24(30)23(20)29)12-15-4-3-9-33-15/h3-11,21,28H,12H2,1-2H3/b22-20+. The van der Waals surface area contributed by atoms with E-state index in [1.807, 2.05) is 17.5 Å². The van der Waals surface area contributed by atoms with Gasteiger partial charge in [-0.3, -0.25) is 9.59 Å². The zero-order chi connectivity index (χ0) is 23.7. The number of methoxy groups -OCH3 is 2. The number of hydrogen-bond donors (Lipinski definition) is 1. The van der Waals surface area contributed by atoms with Crippen molar-refractivity contribution in [1.82, 2.24) is 4.90 Å². The smallest absolute Gasteiger partial charge is 0.295 e. The van der Waals surface area contributed by atoms with Crippen molar-refractivity contribution in [2.45, 2.75) is 12.6 Å². The number of nitrogens with zero attached hydrogens (tertiary/aromatic N) is 1. The fourth-order valence-corrected chi connectivity index (χ4v) is 4.86. The molecule has 170 valence electrons. The van der Waals surface area contributed by atoms with Crippen LogP contribution in [0.4, 0.5) is 0 Å². The van der Waals surface area contributed by atoms with Crippen LogP contribution in [-0.4, -0.2) is 35.9 Å². The van der Waals surface area contributed by atoms with Gasteiger partial charge in [-0.25, -0.2) is 0 Å². The lowest BCUT2D eigenvalue weighted by Gasteiger charge is -2.25. The van der Waals surface area contributed by atoms with Crippen LogP contribution in [0.5, 0.6) is 11.5 Å². The first-order valence-electron chi connectivity index (χ1n) is 9.83. The highest BCUT2D eigenvalue weighted by Crippen LogP contribution is 2.43. The van der Waals surface area contributed by atoms with Gasteiger partial charge in [-0.1, -0.05) is 41.4 Å². The summed E-state index contributed by atoms with van der Waals surface area (Å²) in [5, 5.41) is 13.9. The summed E-state index contributed by atoms with van der Waals surface area (Å²) in [5.41, 5.74) is 0.755. The number of amides is 1. The van der Waals surface area contributed by atoms with Crippen LogP contribution in [0.15, 0.2) is 59.5 Å². The first-order chi connectivity index (χ1) is 15.8. The van der Waals surface area contributed by atoms with Gasteiger partial charge in [0.15, 0.2) is 0 Å². The average Bonchev–Trinajstić information content (AvgIpc) is 3.41. The number of likely N-dealkylation sites (tertiary alicyclic amines) is 1. The highest BCUT2D eigenvalue weighted by Gasteiger charge is 2.46. The minimum atomic E-state index is -0.824. The minimum absolute atomic E-state index is 0.0570. The number of ketones is 1. The highest BCUT2D eigenvalue weighted by atomic mass is 35.5. The van der Waals surface area contributed by atoms with Gasteiger partial charge in [0.05, 0.1) is 43.0 Å². The van der Waals surface area contributed by atoms with Gasteiger partial charge in [0, 0.05) is 16.0 Å². The lowest BCUT2D eigenvalue weighted by molar-refractivity contribution is -0.140. The minimum Gasteiger partial charge on any atom is -0.507 e. The Morgan fingerprint density at radius 1 is 1.06 bits per heavy atom. The Kier molecular flexibility index (Phi) is 6.65. The predicted molar refractivity (Wildman–Crippen MR) is 128 cm³/mol. The molecule has 1 saturated heterocycles. The van der Waals surface area contributed by atoms with Gasteiger partial charge in [0.1, 0.15) is 17.3 Å². The van der Waals surface area contributed by atoms with E-state index in [9.17, 15) is 14.7 Å². The third kappa shape index (κ3) is 4.31. The second-order valence-electron chi connectivity index (χ2n) is 7.24. The molecule has 4 rings (SSSR count). The summed E-state index contributed by atoms with van der Waals surface area (Å²) < 4.78 is 10.6. The van der Waals surface area contributed by atoms with Gasteiger partial charge < -0.3 is 19.5 Å². The molecule has 1 aliphatic rings. The first-order valence-corrected chi connectivity index (χ1v) is 11.5. The molecule has 0 radical (unpaired) electrons. The molecule has 2 heterocycles. The molecule has 1 N–H and O–H groups in total. The van der Waals surface area contributed by atoms with E-state index in [1.165, 1.54) is 42.6 Å². The summed E-state index contributed by atoms with van der Waals surface area (Å²) in [4.78, 5) is 28.6. The second-order valence-corrected chi connectivity index (χ2v) is 9.12. The maximum atomic E-state index is 13.2. The van der Waals surface area contributed by atoms with Crippen LogP contribution in [-0.2, 0) is 16.1 Å². The summed E-state index contributed by atoms with van der Waals surface area (Å²) in [6.07, 6.45) is 0. The number of aliphatic hydroxyl groups excluding tert-OH is 1. The molecular weight excluding hydrogens is 485 g/mol. The molecule has 1 unspecified atom stereocenters. The van der Waals surface area contributed by atoms with Crippen LogP contribution in [0, 0.1) is 0 Å². The number of halogens is 2. The van der Waals surface area contributed by atoms with Crippen molar-refractivity contribution in [2.24, 2.45) is 0 Å². The van der Waals surface area contributed by atoms with E-state index >= 15 is 0 Å². The van der Waals surface area contributed by atoms with Crippen LogP contribution >= 0.6 is 34.5 Å². The van der Waals surface area contributed by atoms with Crippen LogP contribution in [0.3, 0.4) is 0 Å². The van der Waals surface area contributed by atoms with Gasteiger partial charge in [0.25, 0.3) is 11.7 Å². The van der Waals surface area contributed by atoms with Crippen LogP contribution in [0.25, 0.3) is 5.76 Å². The number of Topliss-reactive ketones (excluding diaryl/α,β-unsaturated/α-hetero) is 1. The van der Waals surface area contributed by atoms with Gasteiger partial charge in [0.2, 0.25) is 0 Å². The quantitative estimate of drug-likeness (QED) is 0.265. The van der Waals surface area contributed by atoms with E-state index in [0.29, 0.717) is 16.3 Å². The molecule has 2 aromatic carbocycles. The zero-order valence-corrected chi connectivity index (χ0v) is 20.0. The van der Waals surface area contributed by atoms with Gasteiger partial charge in [-0.2, -0.15) is 0 Å². The molecule has 1 atom stereocenters. The van der Waals surface area contributed by atoms with Gasteiger partial charge in [-0.15, -0.1) is 11.3 Å². The first kappa shape index (κ1) is 23.2. The SMILES string of the molecule is COc1cc(OC)c(/C(O)=C2\C(=O)C(=O)N(Cc3cccs3)C2c2ccc(Cl)cc2)cc1Cl. The average molecular weight is 504 g/mol. The largest absolute Gasteiger partial charge is 0.507 e. The van der Waals surface area contributed by atoms with E-state index in [2.05, 4.69) is 0 Å². The summed E-state index contributed by atoms with van der Waals surface area (Å²) in [7, 11) is 2.88. The summed E-state index contributed by atoms with van der Waals surface area (Å²) in [5.74, 6) is -1.30. The van der Waals surface area contributed by atoms with Crippen LogP contribution < -0.4 is 9.47 Å². The van der Waals surface area contributed by atoms with Gasteiger partial charge in [-0.05, 0) is 35.2 Å². The molecule has 3 aromatic rings. The molecule has 0 bridgehead atoms. The summed E-state index contributed by atoms with van der Waals surface area (Å²) >= 11 is 13.8. The Balaban J connectivity index is 1.91. The normalized spacial score (nSPS) is 17.5. The molecule has 1 aromatic heterocycles. The lowest BCUT2D eigenvalue weighted by Crippen LogP contribution is -2.28. The van der Waals surface area contributed by atoms with Gasteiger partial charge >= 0.3 is 0 Å². The fourth-order valence-electron chi connectivity index (χ4n) is 3.80. The topological polar surface area (TPSA) is 76.1 Å². The third-order valence-electron chi connectivity index (χ3n) is 5.36. The monoisotopic (exact) mass is 503 g/mol. The van der Waals surface area contributed by atoms with Crippen LogP contribution in [0.2, 0.25) is 10.0 Å². The Morgan fingerprint density at radius 2 is 1.76 bits per heavy atom. The molecule has 0 aliphatic carbocycles. The molecule has 0 saturated carbocycles. The molecule has 33 heavy (non-hydrogen) atoms. The van der Waals surface area contributed by atoms with Crippen molar-refractivity contribution in [3.63, 3.8) is 0 Å². The maximum Gasteiger partial charge on any atom is 0.295 e.